The summed E-state index contributed by atoms with van der Waals surface area (Å²) < 4.78 is 5.42. The first-order chi connectivity index (χ1) is 12.7. The molecule has 3 rings (SSSR count). The van der Waals surface area contributed by atoms with Crippen molar-refractivity contribution in [3.8, 4) is 6.07 Å². The van der Waals surface area contributed by atoms with E-state index in [1.807, 2.05) is 6.92 Å². The van der Waals surface area contributed by atoms with Crippen LogP contribution in [0.25, 0.3) is 0 Å². The topological polar surface area (TPSA) is 65.4 Å². The largest absolute Gasteiger partial charge is 0.379 e. The van der Waals surface area contributed by atoms with E-state index in [0.29, 0.717) is 11.1 Å². The van der Waals surface area contributed by atoms with Gasteiger partial charge in [0.2, 0.25) is 0 Å². The molecule has 0 aliphatic carbocycles. The normalized spacial score (nSPS) is 15.8. The lowest BCUT2D eigenvalue weighted by Crippen LogP contribution is -2.43. The third kappa shape index (κ3) is 4.69. The van der Waals surface area contributed by atoms with Crippen LogP contribution in [-0.2, 0) is 4.74 Å². The second-order valence-corrected chi connectivity index (χ2v) is 6.54. The summed E-state index contributed by atoms with van der Waals surface area (Å²) in [5, 5.41) is 12.2. The Morgan fingerprint density at radius 2 is 1.96 bits per heavy atom. The molecule has 26 heavy (non-hydrogen) atoms. The Kier molecular flexibility index (Phi) is 6.00. The van der Waals surface area contributed by atoms with Crippen molar-refractivity contribution in [2.24, 2.45) is 0 Å². The van der Waals surface area contributed by atoms with E-state index in [4.69, 9.17) is 10.00 Å². The first-order valence-corrected chi connectivity index (χ1v) is 8.83. The number of nitriles is 1. The number of aryl methyl sites for hydroxylation is 1. The first-order valence-electron chi connectivity index (χ1n) is 8.83. The van der Waals surface area contributed by atoms with E-state index in [0.717, 1.165) is 38.4 Å². The van der Waals surface area contributed by atoms with Gasteiger partial charge in [-0.05, 0) is 30.7 Å². The van der Waals surface area contributed by atoms with Gasteiger partial charge in [-0.3, -0.25) is 9.69 Å². The monoisotopic (exact) mass is 349 g/mol. The van der Waals surface area contributed by atoms with Crippen LogP contribution in [0.5, 0.6) is 0 Å². The number of carbonyl (C=O) groups is 1. The summed E-state index contributed by atoms with van der Waals surface area (Å²) in [6, 6.07) is 17.0. The summed E-state index contributed by atoms with van der Waals surface area (Å²) >= 11 is 0. The zero-order valence-corrected chi connectivity index (χ0v) is 14.9. The molecular formula is C21H23N3O2. The third-order valence-electron chi connectivity index (χ3n) is 4.58. The van der Waals surface area contributed by atoms with E-state index in [1.54, 1.807) is 24.3 Å². The molecule has 0 bridgehead atoms. The van der Waals surface area contributed by atoms with E-state index in [2.05, 4.69) is 40.6 Å². The smallest absolute Gasteiger partial charge is 0.251 e. The molecule has 0 unspecified atom stereocenters. The molecular weight excluding hydrogens is 326 g/mol. The Morgan fingerprint density at radius 1 is 1.23 bits per heavy atom. The molecule has 1 atom stereocenters. The van der Waals surface area contributed by atoms with Crippen molar-refractivity contribution in [3.63, 3.8) is 0 Å². The third-order valence-corrected chi connectivity index (χ3v) is 4.58. The number of nitrogens with zero attached hydrogens (tertiary/aromatic N) is 2. The summed E-state index contributed by atoms with van der Waals surface area (Å²) in [6.45, 7) is 5.95. The second-order valence-electron chi connectivity index (χ2n) is 6.54. The first kappa shape index (κ1) is 18.1. The highest BCUT2D eigenvalue weighted by atomic mass is 16.5. The van der Waals surface area contributed by atoms with Gasteiger partial charge in [-0.1, -0.05) is 35.9 Å². The lowest BCUT2D eigenvalue weighted by molar-refractivity contribution is 0.0332. The molecule has 1 fully saturated rings. The SMILES string of the molecule is Cc1ccc([C@H](CN2CCOCC2)NC(=O)c2cccc(C#N)c2)cc1. The van der Waals surface area contributed by atoms with Crippen LogP contribution in [0.1, 0.15) is 33.1 Å². The predicted molar refractivity (Wildman–Crippen MR) is 99.8 cm³/mol. The lowest BCUT2D eigenvalue weighted by atomic mass is 10.0. The number of amides is 1. The number of nitrogens with one attached hydrogen (secondary N) is 1. The van der Waals surface area contributed by atoms with Gasteiger partial charge in [0, 0.05) is 25.2 Å². The summed E-state index contributed by atoms with van der Waals surface area (Å²) in [5.41, 5.74) is 3.25. The van der Waals surface area contributed by atoms with E-state index in [9.17, 15) is 4.79 Å². The van der Waals surface area contributed by atoms with Crippen molar-refractivity contribution in [3.05, 3.63) is 70.8 Å². The number of morpholine rings is 1. The fraction of sp³-hybridized carbons (Fsp3) is 0.333. The van der Waals surface area contributed by atoms with Crippen LogP contribution < -0.4 is 5.32 Å². The van der Waals surface area contributed by atoms with Crippen LogP contribution >= 0.6 is 0 Å². The van der Waals surface area contributed by atoms with E-state index >= 15 is 0 Å². The van der Waals surface area contributed by atoms with Crippen LogP contribution in [0.4, 0.5) is 0 Å². The molecule has 0 saturated carbocycles. The predicted octanol–water partition coefficient (Wildman–Crippen LogP) is 2.67. The zero-order valence-electron chi connectivity index (χ0n) is 14.9. The maximum Gasteiger partial charge on any atom is 0.251 e. The van der Waals surface area contributed by atoms with Crippen molar-refractivity contribution in [1.82, 2.24) is 10.2 Å². The highest BCUT2D eigenvalue weighted by molar-refractivity contribution is 5.94. The molecule has 0 spiro atoms. The standard InChI is InChI=1S/C21H23N3O2/c1-16-5-7-18(8-6-16)20(15-24-9-11-26-12-10-24)23-21(25)19-4-2-3-17(13-19)14-22/h2-8,13,20H,9-12,15H2,1H3,(H,23,25)/t20-/m0/s1. The van der Waals surface area contributed by atoms with Crippen LogP contribution in [-0.4, -0.2) is 43.7 Å². The van der Waals surface area contributed by atoms with Gasteiger partial charge in [-0.2, -0.15) is 5.26 Å². The molecule has 2 aromatic carbocycles. The molecule has 1 aliphatic rings. The van der Waals surface area contributed by atoms with Crippen molar-refractivity contribution < 1.29 is 9.53 Å². The molecule has 1 saturated heterocycles. The molecule has 1 amide bonds. The Balaban J connectivity index is 1.78. The second kappa shape index (κ2) is 8.61. The Bertz CT molecular complexity index is 790. The van der Waals surface area contributed by atoms with Crippen molar-refractivity contribution >= 4 is 5.91 Å². The fourth-order valence-corrected chi connectivity index (χ4v) is 3.05. The zero-order chi connectivity index (χ0) is 18.4. The van der Waals surface area contributed by atoms with Crippen molar-refractivity contribution in [2.45, 2.75) is 13.0 Å². The minimum Gasteiger partial charge on any atom is -0.379 e. The average Bonchev–Trinajstić information content (AvgIpc) is 2.69. The molecule has 1 aliphatic heterocycles. The summed E-state index contributed by atoms with van der Waals surface area (Å²) in [5.74, 6) is -0.166. The number of hydrogen-bond acceptors (Lipinski definition) is 4. The van der Waals surface area contributed by atoms with Crippen molar-refractivity contribution in [2.75, 3.05) is 32.8 Å². The van der Waals surface area contributed by atoms with Crippen LogP contribution in [0.2, 0.25) is 0 Å². The molecule has 0 aromatic heterocycles. The van der Waals surface area contributed by atoms with E-state index in [-0.39, 0.29) is 11.9 Å². The molecule has 1 N–H and O–H groups in total. The van der Waals surface area contributed by atoms with E-state index < -0.39 is 0 Å². The highest BCUT2D eigenvalue weighted by Crippen LogP contribution is 2.17. The van der Waals surface area contributed by atoms with Gasteiger partial charge in [0.1, 0.15) is 0 Å². The summed E-state index contributed by atoms with van der Waals surface area (Å²) in [7, 11) is 0. The molecule has 0 radical (unpaired) electrons. The number of hydrogen-bond donors (Lipinski definition) is 1. The summed E-state index contributed by atoms with van der Waals surface area (Å²) in [6.07, 6.45) is 0. The van der Waals surface area contributed by atoms with Crippen LogP contribution in [0, 0.1) is 18.3 Å². The summed E-state index contributed by atoms with van der Waals surface area (Å²) in [4.78, 5) is 15.0. The molecule has 5 nitrogen and oxygen atoms in total. The average molecular weight is 349 g/mol. The lowest BCUT2D eigenvalue weighted by Gasteiger charge is -2.31. The Morgan fingerprint density at radius 3 is 2.65 bits per heavy atom. The number of rotatable bonds is 5. The molecule has 2 aromatic rings. The van der Waals surface area contributed by atoms with Gasteiger partial charge in [-0.15, -0.1) is 0 Å². The quantitative estimate of drug-likeness (QED) is 0.901. The van der Waals surface area contributed by atoms with Gasteiger partial charge >= 0.3 is 0 Å². The molecule has 134 valence electrons. The minimum atomic E-state index is -0.166. The van der Waals surface area contributed by atoms with E-state index in [1.165, 1.54) is 5.56 Å². The maximum absolute atomic E-state index is 12.7. The van der Waals surface area contributed by atoms with Gasteiger partial charge in [0.15, 0.2) is 0 Å². The van der Waals surface area contributed by atoms with Crippen LogP contribution in [0.15, 0.2) is 48.5 Å². The van der Waals surface area contributed by atoms with Crippen molar-refractivity contribution in [1.29, 1.82) is 5.26 Å². The number of ether oxygens (including phenoxy) is 1. The van der Waals surface area contributed by atoms with Gasteiger partial charge in [0.25, 0.3) is 5.91 Å². The van der Waals surface area contributed by atoms with Gasteiger partial charge in [-0.25, -0.2) is 0 Å². The van der Waals surface area contributed by atoms with Gasteiger partial charge < -0.3 is 10.1 Å². The van der Waals surface area contributed by atoms with Crippen LogP contribution in [0.3, 0.4) is 0 Å². The Labute approximate surface area is 154 Å². The molecule has 5 heteroatoms. The highest BCUT2D eigenvalue weighted by Gasteiger charge is 2.21. The Hall–Kier alpha value is -2.68. The number of benzene rings is 2. The maximum atomic E-state index is 12.7. The molecule has 1 heterocycles. The fourth-order valence-electron chi connectivity index (χ4n) is 3.05. The minimum absolute atomic E-state index is 0.119. The number of carbonyl (C=O) groups excluding carboxylic acids is 1. The van der Waals surface area contributed by atoms with Gasteiger partial charge in [0.05, 0.1) is 30.9 Å².